The van der Waals surface area contributed by atoms with Crippen LogP contribution in [0.15, 0.2) is 24.3 Å². The number of rotatable bonds is 3. The molecule has 0 saturated heterocycles. The van der Waals surface area contributed by atoms with Crippen LogP contribution in [-0.4, -0.2) is 32.1 Å². The molecule has 0 aromatic heterocycles. The molecule has 0 radical (unpaired) electrons. The molecule has 0 saturated carbocycles. The number of hydrogen-bond donors (Lipinski definition) is 1. The van der Waals surface area contributed by atoms with Gasteiger partial charge in [0.15, 0.2) is 0 Å². The molecule has 72 valence electrons. The van der Waals surface area contributed by atoms with Crippen LogP contribution >= 0.6 is 0 Å². The molecule has 1 rings (SSSR count). The van der Waals surface area contributed by atoms with E-state index in [1.54, 1.807) is 38.9 Å². The van der Waals surface area contributed by atoms with Gasteiger partial charge in [-0.3, -0.25) is 0 Å². The first kappa shape index (κ1) is 10.9. The molecular formula is C9H12B2O3. The van der Waals surface area contributed by atoms with E-state index >= 15 is 0 Å². The van der Waals surface area contributed by atoms with Gasteiger partial charge in [0.25, 0.3) is 6.81 Å². The van der Waals surface area contributed by atoms with E-state index in [1.165, 1.54) is 0 Å². The van der Waals surface area contributed by atoms with E-state index in [9.17, 15) is 9.82 Å². The number of benzene rings is 1. The van der Waals surface area contributed by atoms with E-state index in [-0.39, 0.29) is 5.97 Å². The molecule has 0 unspecified atom stereocenters. The van der Waals surface area contributed by atoms with Gasteiger partial charge in [0.05, 0.1) is 12.2 Å². The van der Waals surface area contributed by atoms with Crippen LogP contribution in [0.25, 0.3) is 0 Å². The van der Waals surface area contributed by atoms with E-state index in [0.717, 1.165) is 5.46 Å². The van der Waals surface area contributed by atoms with Crippen molar-refractivity contribution in [2.24, 2.45) is 0 Å². The summed E-state index contributed by atoms with van der Waals surface area (Å²) in [6, 6.07) is 6.81. The van der Waals surface area contributed by atoms with Gasteiger partial charge in [-0.05, 0) is 13.0 Å². The van der Waals surface area contributed by atoms with Crippen LogP contribution in [-0.2, 0) is 4.74 Å². The molecule has 5 heteroatoms. The molecule has 0 fully saturated rings. The molecule has 0 aliphatic heterocycles. The third kappa shape index (κ3) is 2.64. The maximum absolute atomic E-state index is 11.3. The van der Waals surface area contributed by atoms with Crippen LogP contribution in [0.5, 0.6) is 0 Å². The summed E-state index contributed by atoms with van der Waals surface area (Å²) in [7, 11) is 1.66. The van der Waals surface area contributed by atoms with Crippen LogP contribution in [0.2, 0.25) is 0 Å². The average molecular weight is 190 g/mol. The third-order valence-electron chi connectivity index (χ3n) is 1.88. The highest BCUT2D eigenvalue weighted by Gasteiger charge is 2.10. The molecule has 0 bridgehead atoms. The van der Waals surface area contributed by atoms with Gasteiger partial charge >= 0.3 is 5.97 Å². The molecule has 1 aromatic rings. The second-order valence-electron chi connectivity index (χ2n) is 3.02. The highest BCUT2D eigenvalue weighted by atomic mass is 16.5. The van der Waals surface area contributed by atoms with Crippen LogP contribution < -0.4 is 5.46 Å². The van der Waals surface area contributed by atoms with E-state index in [1.807, 2.05) is 0 Å². The van der Waals surface area contributed by atoms with Crippen LogP contribution in [0.3, 0.4) is 0 Å². The smallest absolute Gasteiger partial charge is 0.338 e. The lowest BCUT2D eigenvalue weighted by Gasteiger charge is -2.04. The Hall–Kier alpha value is -1.22. The van der Waals surface area contributed by atoms with Gasteiger partial charge in [0, 0.05) is 0 Å². The van der Waals surface area contributed by atoms with E-state index < -0.39 is 6.81 Å². The van der Waals surface area contributed by atoms with Gasteiger partial charge in [0.1, 0.15) is 7.74 Å². The molecule has 0 atom stereocenters. The Morgan fingerprint density at radius 3 is 2.93 bits per heavy atom. The van der Waals surface area contributed by atoms with Crippen molar-refractivity contribution in [1.29, 1.82) is 0 Å². The molecule has 0 amide bonds. The van der Waals surface area contributed by atoms with Gasteiger partial charge in [-0.2, -0.15) is 0 Å². The Labute approximate surface area is 84.6 Å². The standard InChI is InChI=1S/C9H12B2O3/c1-2-14-9(12)7-4-3-5-8(6-7)11(10)13/h3-6,13H,2,10H2,1H3. The van der Waals surface area contributed by atoms with E-state index in [0.29, 0.717) is 12.2 Å². The Kier molecular flexibility index (Phi) is 3.77. The van der Waals surface area contributed by atoms with Crippen molar-refractivity contribution in [3.05, 3.63) is 29.8 Å². The Bertz CT molecular complexity index is 326. The van der Waals surface area contributed by atoms with Gasteiger partial charge in [-0.25, -0.2) is 4.79 Å². The van der Waals surface area contributed by atoms with Gasteiger partial charge in [0.2, 0.25) is 0 Å². The quantitative estimate of drug-likeness (QED) is 0.500. The summed E-state index contributed by atoms with van der Waals surface area (Å²) < 4.78 is 4.84. The SMILES string of the molecule is BB(O)c1cccc(C(=O)OCC)c1. The first-order valence-electron chi connectivity index (χ1n) is 4.60. The van der Waals surface area contributed by atoms with Crippen molar-refractivity contribution in [3.8, 4) is 0 Å². The fraction of sp³-hybridized carbons (Fsp3) is 0.222. The summed E-state index contributed by atoms with van der Waals surface area (Å²) in [4.78, 5) is 11.3. The third-order valence-corrected chi connectivity index (χ3v) is 1.88. The molecule has 3 nitrogen and oxygen atoms in total. The number of hydrogen-bond acceptors (Lipinski definition) is 3. The van der Waals surface area contributed by atoms with Gasteiger partial charge in [-0.1, -0.05) is 23.7 Å². The van der Waals surface area contributed by atoms with Crippen molar-refractivity contribution in [2.45, 2.75) is 6.92 Å². The lowest BCUT2D eigenvalue weighted by Crippen LogP contribution is -2.31. The predicted octanol–water partition coefficient (Wildman–Crippen LogP) is -0.816. The summed E-state index contributed by atoms with van der Waals surface area (Å²) in [5.41, 5.74) is 1.20. The zero-order valence-electron chi connectivity index (χ0n) is 8.36. The largest absolute Gasteiger partial charge is 0.462 e. The number of esters is 1. The molecule has 1 N–H and O–H groups in total. The molecule has 0 aliphatic carbocycles. The highest BCUT2D eigenvalue weighted by molar-refractivity contribution is 7.06. The molecule has 0 heterocycles. The Morgan fingerprint density at radius 1 is 1.64 bits per heavy atom. The van der Waals surface area contributed by atoms with Crippen LogP contribution in [0, 0.1) is 0 Å². The topological polar surface area (TPSA) is 46.5 Å². The van der Waals surface area contributed by atoms with E-state index in [2.05, 4.69) is 0 Å². The normalized spacial score (nSPS) is 9.57. The van der Waals surface area contributed by atoms with Crippen LogP contribution in [0.1, 0.15) is 17.3 Å². The van der Waals surface area contributed by atoms with E-state index in [4.69, 9.17) is 4.74 Å². The monoisotopic (exact) mass is 190 g/mol. The van der Waals surface area contributed by atoms with Gasteiger partial charge < -0.3 is 9.76 Å². The van der Waals surface area contributed by atoms with Crippen molar-refractivity contribution < 1.29 is 14.6 Å². The molecular weight excluding hydrogens is 178 g/mol. The van der Waals surface area contributed by atoms with Crippen molar-refractivity contribution in [2.75, 3.05) is 6.61 Å². The molecule has 0 spiro atoms. The highest BCUT2D eigenvalue weighted by Crippen LogP contribution is 1.99. The van der Waals surface area contributed by atoms with Crippen molar-refractivity contribution in [1.82, 2.24) is 0 Å². The second-order valence-corrected chi connectivity index (χ2v) is 3.02. The average Bonchev–Trinajstić information content (AvgIpc) is 2.18. The number of carbonyl (C=O) groups is 1. The fourth-order valence-electron chi connectivity index (χ4n) is 1.14. The van der Waals surface area contributed by atoms with Crippen molar-refractivity contribution in [3.63, 3.8) is 0 Å². The maximum atomic E-state index is 11.3. The van der Waals surface area contributed by atoms with Crippen molar-refractivity contribution >= 4 is 26.0 Å². The molecule has 14 heavy (non-hydrogen) atoms. The second kappa shape index (κ2) is 4.86. The minimum atomic E-state index is -0.565. The lowest BCUT2D eigenvalue weighted by atomic mass is 9.43. The molecule has 1 aromatic carbocycles. The zero-order chi connectivity index (χ0) is 10.6. The summed E-state index contributed by atoms with van der Waals surface area (Å²) >= 11 is 0. The first-order valence-corrected chi connectivity index (χ1v) is 4.60. The number of carbonyl (C=O) groups excluding carboxylic acids is 1. The van der Waals surface area contributed by atoms with Crippen LogP contribution in [0.4, 0.5) is 0 Å². The fourth-order valence-corrected chi connectivity index (χ4v) is 1.14. The minimum absolute atomic E-state index is 0.352. The predicted molar refractivity (Wildman–Crippen MR) is 58.5 cm³/mol. The maximum Gasteiger partial charge on any atom is 0.338 e. The summed E-state index contributed by atoms with van der Waals surface area (Å²) in [5, 5.41) is 9.31. The summed E-state index contributed by atoms with van der Waals surface area (Å²) in [6.45, 7) is 1.55. The lowest BCUT2D eigenvalue weighted by molar-refractivity contribution is 0.0526. The Morgan fingerprint density at radius 2 is 2.36 bits per heavy atom. The summed E-state index contributed by atoms with van der Waals surface area (Å²) in [6.07, 6.45) is 0. The van der Waals surface area contributed by atoms with Gasteiger partial charge in [-0.15, -0.1) is 0 Å². The molecule has 0 aliphatic rings. The summed E-state index contributed by atoms with van der Waals surface area (Å²) in [5.74, 6) is -0.352. The zero-order valence-corrected chi connectivity index (χ0v) is 8.36. The number of ether oxygens (including phenoxy) is 1. The minimum Gasteiger partial charge on any atom is -0.462 e. The first-order chi connectivity index (χ1) is 6.65. The Balaban J connectivity index is 2.88.